The Kier molecular flexibility index (Phi) is 3.46. The van der Waals surface area contributed by atoms with Crippen LogP contribution >= 0.6 is 0 Å². The quantitative estimate of drug-likeness (QED) is 0.613. The van der Waals surface area contributed by atoms with Gasteiger partial charge in [0.25, 0.3) is 0 Å². The fourth-order valence-electron chi connectivity index (χ4n) is 1.78. The molecule has 1 aromatic rings. The van der Waals surface area contributed by atoms with Gasteiger partial charge in [-0.3, -0.25) is 10.1 Å². The fraction of sp³-hybridized carbons (Fsp3) is 0.333. The summed E-state index contributed by atoms with van der Waals surface area (Å²) in [5.74, 6) is 1.66. The summed E-state index contributed by atoms with van der Waals surface area (Å²) in [6.07, 6.45) is 1.39. The Morgan fingerprint density at radius 1 is 1.37 bits per heavy atom. The molecule has 0 atom stereocenters. The van der Waals surface area contributed by atoms with Gasteiger partial charge in [0.05, 0.1) is 19.1 Å². The van der Waals surface area contributed by atoms with Crippen LogP contribution in [0, 0.1) is 10.1 Å². The van der Waals surface area contributed by atoms with Gasteiger partial charge in [-0.2, -0.15) is 0 Å². The molecule has 0 aromatic heterocycles. The average molecular weight is 267 g/mol. The second kappa shape index (κ2) is 5.05. The lowest BCUT2D eigenvalue weighted by molar-refractivity contribution is -0.422. The van der Waals surface area contributed by atoms with Crippen molar-refractivity contribution in [1.82, 2.24) is 0 Å². The van der Waals surface area contributed by atoms with Crippen LogP contribution in [-0.4, -0.2) is 25.9 Å². The first-order valence-corrected chi connectivity index (χ1v) is 5.45. The van der Waals surface area contributed by atoms with E-state index < -0.39 is 4.92 Å². The van der Waals surface area contributed by atoms with Gasteiger partial charge in [0.2, 0.25) is 24.0 Å². The number of rotatable bonds is 4. The van der Waals surface area contributed by atoms with E-state index in [1.165, 1.54) is 27.2 Å². The third kappa shape index (κ3) is 2.26. The Morgan fingerprint density at radius 3 is 2.63 bits per heavy atom. The molecule has 0 saturated carbocycles. The van der Waals surface area contributed by atoms with Crippen LogP contribution in [0.2, 0.25) is 0 Å². The maximum absolute atomic E-state index is 10.7. The van der Waals surface area contributed by atoms with Crippen LogP contribution in [0.25, 0.3) is 6.08 Å². The Morgan fingerprint density at radius 2 is 2.05 bits per heavy atom. The molecule has 0 amide bonds. The summed E-state index contributed by atoms with van der Waals surface area (Å²) in [6, 6.07) is 1.61. The SMILES string of the molecule is COc1cc(/C=C(\C)[N+](=O)[O-])c(OC)c2c1OCO2. The largest absolute Gasteiger partial charge is 0.493 e. The average Bonchev–Trinajstić information content (AvgIpc) is 2.86. The Hall–Kier alpha value is -2.44. The molecule has 0 bridgehead atoms. The second-order valence-corrected chi connectivity index (χ2v) is 3.81. The first-order valence-electron chi connectivity index (χ1n) is 5.45. The molecule has 102 valence electrons. The zero-order valence-electron chi connectivity index (χ0n) is 10.8. The molecule has 19 heavy (non-hydrogen) atoms. The van der Waals surface area contributed by atoms with Crippen LogP contribution in [0.15, 0.2) is 11.8 Å². The van der Waals surface area contributed by atoms with E-state index in [9.17, 15) is 10.1 Å². The molecular formula is C12H13NO6. The van der Waals surface area contributed by atoms with Crippen LogP contribution in [0.3, 0.4) is 0 Å². The lowest BCUT2D eigenvalue weighted by Gasteiger charge is -2.11. The van der Waals surface area contributed by atoms with Crippen LogP contribution in [-0.2, 0) is 0 Å². The van der Waals surface area contributed by atoms with Crippen molar-refractivity contribution in [3.63, 3.8) is 0 Å². The first-order chi connectivity index (χ1) is 9.08. The van der Waals surface area contributed by atoms with Crippen molar-refractivity contribution >= 4 is 6.08 Å². The van der Waals surface area contributed by atoms with Crippen molar-refractivity contribution in [3.8, 4) is 23.0 Å². The smallest absolute Gasteiger partial charge is 0.243 e. The van der Waals surface area contributed by atoms with E-state index in [-0.39, 0.29) is 12.5 Å². The highest BCUT2D eigenvalue weighted by Crippen LogP contribution is 2.49. The third-order valence-electron chi connectivity index (χ3n) is 2.67. The zero-order valence-corrected chi connectivity index (χ0v) is 10.8. The number of nitro groups is 1. The molecule has 1 aliphatic rings. The van der Waals surface area contributed by atoms with E-state index >= 15 is 0 Å². The highest BCUT2D eigenvalue weighted by molar-refractivity contribution is 5.72. The summed E-state index contributed by atoms with van der Waals surface area (Å²) in [4.78, 5) is 10.2. The lowest BCUT2D eigenvalue weighted by atomic mass is 10.1. The summed E-state index contributed by atoms with van der Waals surface area (Å²) >= 11 is 0. The molecule has 7 nitrogen and oxygen atoms in total. The summed E-state index contributed by atoms with van der Waals surface area (Å²) in [6.45, 7) is 1.46. The molecule has 0 spiro atoms. The van der Waals surface area contributed by atoms with Crippen molar-refractivity contribution in [2.24, 2.45) is 0 Å². The van der Waals surface area contributed by atoms with Gasteiger partial charge in [0.15, 0.2) is 11.5 Å². The maximum atomic E-state index is 10.7. The summed E-state index contributed by atoms with van der Waals surface area (Å²) in [5.41, 5.74) is 0.483. The van der Waals surface area contributed by atoms with Crippen LogP contribution in [0.4, 0.5) is 0 Å². The van der Waals surface area contributed by atoms with Gasteiger partial charge < -0.3 is 18.9 Å². The summed E-state index contributed by atoms with van der Waals surface area (Å²) in [7, 11) is 2.94. The normalized spacial score (nSPS) is 13.3. The number of allylic oxidation sites excluding steroid dienone is 1. The van der Waals surface area contributed by atoms with Gasteiger partial charge in [0, 0.05) is 18.6 Å². The number of nitrogens with zero attached hydrogens (tertiary/aromatic N) is 1. The van der Waals surface area contributed by atoms with Crippen molar-refractivity contribution in [1.29, 1.82) is 0 Å². The molecule has 0 radical (unpaired) electrons. The third-order valence-corrected chi connectivity index (χ3v) is 2.67. The van der Waals surface area contributed by atoms with E-state index in [4.69, 9.17) is 18.9 Å². The molecule has 2 rings (SSSR count). The standard InChI is InChI=1S/C12H13NO6/c1-7(13(14)15)4-8-5-9(16-2)11-12(10(8)17-3)19-6-18-11/h4-5H,6H2,1-3H3/b7-4+. The minimum atomic E-state index is -0.476. The number of ether oxygens (including phenoxy) is 4. The van der Waals surface area contributed by atoms with Gasteiger partial charge in [-0.15, -0.1) is 0 Å². The van der Waals surface area contributed by atoms with Crippen molar-refractivity contribution < 1.29 is 23.9 Å². The number of benzene rings is 1. The molecule has 0 N–H and O–H groups in total. The predicted octanol–water partition coefficient (Wildman–Crippen LogP) is 2.07. The topological polar surface area (TPSA) is 80.1 Å². The number of hydrogen-bond acceptors (Lipinski definition) is 6. The minimum Gasteiger partial charge on any atom is -0.493 e. The number of hydrogen-bond donors (Lipinski definition) is 0. The molecule has 0 aliphatic carbocycles. The summed E-state index contributed by atoms with van der Waals surface area (Å²) in [5, 5.41) is 10.7. The highest BCUT2D eigenvalue weighted by Gasteiger charge is 2.26. The molecule has 1 heterocycles. The van der Waals surface area contributed by atoms with Crippen molar-refractivity contribution in [2.45, 2.75) is 6.92 Å². The molecule has 1 aromatic carbocycles. The van der Waals surface area contributed by atoms with Crippen molar-refractivity contribution in [2.75, 3.05) is 21.0 Å². The van der Waals surface area contributed by atoms with E-state index in [0.717, 1.165) is 0 Å². The monoisotopic (exact) mass is 267 g/mol. The van der Waals surface area contributed by atoms with Crippen molar-refractivity contribution in [3.05, 3.63) is 27.4 Å². The maximum Gasteiger partial charge on any atom is 0.243 e. The Balaban J connectivity index is 2.61. The van der Waals surface area contributed by atoms with E-state index in [1.807, 2.05) is 0 Å². The second-order valence-electron chi connectivity index (χ2n) is 3.81. The van der Waals surface area contributed by atoms with Gasteiger partial charge in [-0.05, 0) is 6.07 Å². The van der Waals surface area contributed by atoms with E-state index in [2.05, 4.69) is 0 Å². The summed E-state index contributed by atoms with van der Waals surface area (Å²) < 4.78 is 21.0. The van der Waals surface area contributed by atoms with Crippen LogP contribution in [0.5, 0.6) is 23.0 Å². The van der Waals surface area contributed by atoms with Gasteiger partial charge in [0.1, 0.15) is 0 Å². The number of fused-ring (bicyclic) bond motifs is 1. The highest BCUT2D eigenvalue weighted by atomic mass is 16.7. The lowest BCUT2D eigenvalue weighted by Crippen LogP contribution is -1.96. The van der Waals surface area contributed by atoms with Gasteiger partial charge >= 0.3 is 0 Å². The predicted molar refractivity (Wildman–Crippen MR) is 66.3 cm³/mol. The van der Waals surface area contributed by atoms with Crippen LogP contribution in [0.1, 0.15) is 12.5 Å². The first kappa shape index (κ1) is 13.0. The van der Waals surface area contributed by atoms with Gasteiger partial charge in [-0.1, -0.05) is 0 Å². The molecule has 1 aliphatic heterocycles. The number of methoxy groups -OCH3 is 2. The zero-order chi connectivity index (χ0) is 14.0. The molecule has 7 heteroatoms. The molecule has 0 saturated heterocycles. The van der Waals surface area contributed by atoms with E-state index in [1.54, 1.807) is 6.07 Å². The van der Waals surface area contributed by atoms with Crippen LogP contribution < -0.4 is 18.9 Å². The molecular weight excluding hydrogens is 254 g/mol. The van der Waals surface area contributed by atoms with E-state index in [0.29, 0.717) is 28.6 Å². The molecule has 0 unspecified atom stereocenters. The van der Waals surface area contributed by atoms with Gasteiger partial charge in [-0.25, -0.2) is 0 Å². The fourth-order valence-corrected chi connectivity index (χ4v) is 1.78. The Bertz CT molecular complexity index is 552. The minimum absolute atomic E-state index is 0.0146. The molecule has 0 fully saturated rings. The Labute approximate surface area is 109 Å².